The fraction of sp³-hybridized carbons (Fsp3) is 0.538. The van der Waals surface area contributed by atoms with Crippen molar-refractivity contribution in [2.45, 2.75) is 20.0 Å². The molecular formula is C13H20O6P2. The van der Waals surface area contributed by atoms with E-state index in [4.69, 9.17) is 18.1 Å². The van der Waals surface area contributed by atoms with Crippen molar-refractivity contribution >= 4 is 20.5 Å². The molecule has 0 aliphatic carbocycles. The van der Waals surface area contributed by atoms with E-state index < -0.39 is 21.3 Å². The topological polar surface area (TPSA) is 71.1 Å². The molecule has 0 aromatic heterocycles. The molecule has 1 aliphatic rings. The van der Waals surface area contributed by atoms with Crippen LogP contribution in [0.2, 0.25) is 0 Å². The molecule has 2 rings (SSSR count). The highest BCUT2D eigenvalue weighted by atomic mass is 31.2. The molecule has 0 fully saturated rings. The summed E-state index contributed by atoms with van der Waals surface area (Å²) in [6.45, 7) is 3.87. The third kappa shape index (κ3) is 3.16. The van der Waals surface area contributed by atoms with Gasteiger partial charge in [-0.05, 0) is 25.0 Å². The molecule has 118 valence electrons. The van der Waals surface area contributed by atoms with Crippen LogP contribution in [-0.2, 0) is 27.2 Å². The Bertz CT molecular complexity index is 607. The Labute approximate surface area is 124 Å². The summed E-state index contributed by atoms with van der Waals surface area (Å²) in [5, 5.41) is 0.565. The fourth-order valence-electron chi connectivity index (χ4n) is 2.42. The molecule has 1 aliphatic heterocycles. The van der Waals surface area contributed by atoms with E-state index in [0.29, 0.717) is 5.30 Å². The first kappa shape index (κ1) is 16.9. The zero-order chi connectivity index (χ0) is 15.7. The monoisotopic (exact) mass is 334 g/mol. The van der Waals surface area contributed by atoms with Gasteiger partial charge in [0.15, 0.2) is 0 Å². The van der Waals surface area contributed by atoms with Crippen LogP contribution in [-0.4, -0.2) is 27.0 Å². The SMILES string of the molecule is CCOP1(=O)OC(CP(=O)(OC)OC)c2cccc(C)c21. The summed E-state index contributed by atoms with van der Waals surface area (Å²) in [7, 11) is -4.04. The molecule has 0 amide bonds. The zero-order valence-corrected chi connectivity index (χ0v) is 14.4. The van der Waals surface area contributed by atoms with Crippen molar-refractivity contribution < 1.29 is 27.2 Å². The Hall–Kier alpha value is -0.480. The Morgan fingerprint density at radius 3 is 2.57 bits per heavy atom. The predicted molar refractivity (Wildman–Crippen MR) is 80.4 cm³/mol. The Morgan fingerprint density at radius 1 is 1.33 bits per heavy atom. The van der Waals surface area contributed by atoms with Gasteiger partial charge in [0, 0.05) is 14.2 Å². The van der Waals surface area contributed by atoms with Crippen molar-refractivity contribution in [2.24, 2.45) is 0 Å². The lowest BCUT2D eigenvalue weighted by molar-refractivity contribution is 0.175. The molecule has 0 radical (unpaired) electrons. The smallest absolute Gasteiger partial charge is 0.312 e. The molecule has 21 heavy (non-hydrogen) atoms. The minimum Gasteiger partial charge on any atom is -0.312 e. The third-order valence-corrected chi connectivity index (χ3v) is 7.58. The molecule has 0 bridgehead atoms. The van der Waals surface area contributed by atoms with Crippen LogP contribution in [0.3, 0.4) is 0 Å². The Morgan fingerprint density at radius 2 is 2.00 bits per heavy atom. The van der Waals surface area contributed by atoms with Gasteiger partial charge >= 0.3 is 15.2 Å². The van der Waals surface area contributed by atoms with Gasteiger partial charge in [0.05, 0.1) is 18.1 Å². The molecule has 0 spiro atoms. The Kier molecular flexibility index (Phi) is 5.09. The van der Waals surface area contributed by atoms with Gasteiger partial charge < -0.3 is 13.6 Å². The fourth-order valence-corrected chi connectivity index (χ4v) is 5.86. The second-order valence-corrected chi connectivity index (χ2v) is 8.91. The number of fused-ring (bicyclic) bond motifs is 1. The number of benzene rings is 1. The third-order valence-electron chi connectivity index (χ3n) is 3.40. The van der Waals surface area contributed by atoms with Gasteiger partial charge in [0.25, 0.3) is 0 Å². The van der Waals surface area contributed by atoms with E-state index in [1.807, 2.05) is 19.1 Å². The van der Waals surface area contributed by atoms with Crippen LogP contribution in [0.15, 0.2) is 18.2 Å². The lowest BCUT2D eigenvalue weighted by Gasteiger charge is -2.18. The first-order valence-electron chi connectivity index (χ1n) is 6.62. The molecule has 1 aromatic carbocycles. The maximum atomic E-state index is 12.9. The molecule has 2 unspecified atom stereocenters. The van der Waals surface area contributed by atoms with Crippen LogP contribution in [0.1, 0.15) is 24.2 Å². The zero-order valence-electron chi connectivity index (χ0n) is 12.6. The van der Waals surface area contributed by atoms with Gasteiger partial charge in [0.2, 0.25) is 0 Å². The lowest BCUT2D eigenvalue weighted by atomic mass is 10.1. The summed E-state index contributed by atoms with van der Waals surface area (Å²) in [5.41, 5.74) is 1.55. The molecule has 1 aromatic rings. The van der Waals surface area contributed by atoms with Gasteiger partial charge in [-0.15, -0.1) is 0 Å². The summed E-state index contributed by atoms with van der Waals surface area (Å²) < 4.78 is 46.1. The minimum atomic E-state index is -3.39. The second-order valence-electron chi connectivity index (χ2n) is 4.68. The normalized spacial score (nSPS) is 25.0. The highest BCUT2D eigenvalue weighted by molar-refractivity contribution is 7.63. The molecule has 1 heterocycles. The first-order chi connectivity index (χ1) is 9.89. The van der Waals surface area contributed by atoms with Crippen molar-refractivity contribution in [3.05, 3.63) is 29.3 Å². The van der Waals surface area contributed by atoms with Crippen molar-refractivity contribution in [3.8, 4) is 0 Å². The van der Waals surface area contributed by atoms with E-state index in [1.54, 1.807) is 13.0 Å². The standard InChI is InChI=1S/C13H20O6P2/c1-5-18-21(15)13-10(2)7-6-8-11(13)12(19-21)9-20(14,16-3)17-4/h6-8,12H,5,9H2,1-4H3. The highest BCUT2D eigenvalue weighted by Crippen LogP contribution is 2.61. The largest absolute Gasteiger partial charge is 0.362 e. The Balaban J connectivity index is 2.43. The first-order valence-corrected chi connectivity index (χ1v) is 9.89. The van der Waals surface area contributed by atoms with Crippen LogP contribution < -0.4 is 5.30 Å². The van der Waals surface area contributed by atoms with Crippen LogP contribution in [0, 0.1) is 6.92 Å². The van der Waals surface area contributed by atoms with Crippen LogP contribution in [0.25, 0.3) is 0 Å². The maximum Gasteiger partial charge on any atom is 0.362 e. The average molecular weight is 334 g/mol. The van der Waals surface area contributed by atoms with Gasteiger partial charge in [0.1, 0.15) is 6.10 Å². The van der Waals surface area contributed by atoms with Crippen molar-refractivity contribution in [1.29, 1.82) is 0 Å². The molecule has 0 saturated carbocycles. The predicted octanol–water partition coefficient (Wildman–Crippen LogP) is 3.41. The highest BCUT2D eigenvalue weighted by Gasteiger charge is 2.46. The van der Waals surface area contributed by atoms with Gasteiger partial charge in [-0.25, -0.2) is 0 Å². The molecule has 2 atom stereocenters. The number of hydrogen-bond acceptors (Lipinski definition) is 6. The quantitative estimate of drug-likeness (QED) is 0.743. The van der Waals surface area contributed by atoms with Gasteiger partial charge in [-0.1, -0.05) is 18.2 Å². The number of aryl methyl sites for hydroxylation is 1. The van der Waals surface area contributed by atoms with E-state index in [2.05, 4.69) is 0 Å². The molecular weight excluding hydrogens is 314 g/mol. The van der Waals surface area contributed by atoms with Crippen molar-refractivity contribution in [3.63, 3.8) is 0 Å². The second kappa shape index (κ2) is 6.33. The summed E-state index contributed by atoms with van der Waals surface area (Å²) in [6.07, 6.45) is -0.643. The lowest BCUT2D eigenvalue weighted by Crippen LogP contribution is -2.11. The van der Waals surface area contributed by atoms with Crippen molar-refractivity contribution in [1.82, 2.24) is 0 Å². The number of rotatable bonds is 6. The maximum absolute atomic E-state index is 12.9. The van der Waals surface area contributed by atoms with Crippen molar-refractivity contribution in [2.75, 3.05) is 27.0 Å². The average Bonchev–Trinajstić information content (AvgIpc) is 2.73. The molecule has 0 saturated heterocycles. The summed E-state index contributed by atoms with van der Waals surface area (Å²) >= 11 is 0. The number of hydrogen-bond donors (Lipinski definition) is 0. The van der Waals surface area contributed by atoms with E-state index in [1.165, 1.54) is 14.2 Å². The molecule has 0 N–H and O–H groups in total. The molecule has 8 heteroatoms. The van der Waals surface area contributed by atoms with E-state index in [0.717, 1.165) is 11.1 Å². The summed E-state index contributed by atoms with van der Waals surface area (Å²) in [6, 6.07) is 5.50. The van der Waals surface area contributed by atoms with E-state index in [-0.39, 0.29) is 12.8 Å². The van der Waals surface area contributed by atoms with E-state index >= 15 is 0 Å². The van der Waals surface area contributed by atoms with Crippen LogP contribution in [0.4, 0.5) is 0 Å². The molecule has 6 nitrogen and oxygen atoms in total. The van der Waals surface area contributed by atoms with Gasteiger partial charge in [-0.3, -0.25) is 13.7 Å². The summed E-state index contributed by atoms with van der Waals surface area (Å²) in [4.78, 5) is 0. The summed E-state index contributed by atoms with van der Waals surface area (Å²) in [5.74, 6) is 0. The van der Waals surface area contributed by atoms with Crippen LogP contribution in [0.5, 0.6) is 0 Å². The van der Waals surface area contributed by atoms with E-state index in [9.17, 15) is 9.13 Å². The van der Waals surface area contributed by atoms with Crippen LogP contribution >= 0.6 is 15.2 Å². The van der Waals surface area contributed by atoms with Gasteiger partial charge in [-0.2, -0.15) is 0 Å². The minimum absolute atomic E-state index is 0.00643.